The number of likely N-dealkylation sites (N-methyl/N-ethyl adjacent to an activating group) is 1. The smallest absolute Gasteiger partial charge is 0.275 e. The first-order valence-electron chi connectivity index (χ1n) is 10.5. The summed E-state index contributed by atoms with van der Waals surface area (Å²) in [6.45, 7) is 5.33. The maximum atomic E-state index is 12.9. The van der Waals surface area contributed by atoms with E-state index < -0.39 is 12.1 Å². The van der Waals surface area contributed by atoms with E-state index in [-0.39, 0.29) is 23.3 Å². The second-order valence-corrected chi connectivity index (χ2v) is 8.27. The van der Waals surface area contributed by atoms with Crippen molar-refractivity contribution >= 4 is 40.5 Å². The van der Waals surface area contributed by atoms with Crippen LogP contribution in [0.15, 0.2) is 30.7 Å². The molecule has 3 aromatic heterocycles. The average Bonchev–Trinajstić information content (AvgIpc) is 2.85. The van der Waals surface area contributed by atoms with E-state index in [4.69, 9.17) is 21.8 Å². The molecule has 1 amide bonds. The van der Waals surface area contributed by atoms with Crippen molar-refractivity contribution in [1.82, 2.24) is 25.3 Å². The van der Waals surface area contributed by atoms with Crippen molar-refractivity contribution in [3.05, 3.63) is 52.7 Å². The van der Waals surface area contributed by atoms with Crippen molar-refractivity contribution < 1.29 is 9.63 Å². The minimum absolute atomic E-state index is 0.132. The normalized spacial score (nSPS) is 15.5. The lowest BCUT2D eigenvalue weighted by molar-refractivity contribution is 0.0954. The van der Waals surface area contributed by atoms with Gasteiger partial charge in [-0.1, -0.05) is 11.6 Å². The summed E-state index contributed by atoms with van der Waals surface area (Å²) in [5, 5.41) is 17.7. The Morgan fingerprint density at radius 1 is 1.24 bits per heavy atom. The first kappa shape index (κ1) is 23.5. The second-order valence-electron chi connectivity index (χ2n) is 7.83. The number of fused-ring (bicyclic) bond motifs is 4. The Hall–Kier alpha value is -3.67. The number of rotatable bonds is 5. The zero-order chi connectivity index (χ0) is 24.4. The number of carbonyl (C=O) groups excluding carboxylic acids is 1. The zero-order valence-electron chi connectivity index (χ0n) is 19.0. The summed E-state index contributed by atoms with van der Waals surface area (Å²) in [5.41, 5.74) is 6.02. The lowest BCUT2D eigenvalue weighted by Gasteiger charge is -2.25. The molecule has 0 spiro atoms. The largest absolute Gasteiger partial charge is 0.342 e. The highest BCUT2D eigenvalue weighted by Gasteiger charge is 2.25. The minimum Gasteiger partial charge on any atom is -0.342 e. The topological polar surface area (TPSA) is 150 Å². The predicted molar refractivity (Wildman–Crippen MR) is 130 cm³/mol. The van der Waals surface area contributed by atoms with E-state index in [9.17, 15) is 4.79 Å². The summed E-state index contributed by atoms with van der Waals surface area (Å²) in [6.07, 6.45) is 2.25. The Morgan fingerprint density at radius 2 is 2.03 bits per heavy atom. The Bertz CT molecular complexity index is 1270. The molecule has 2 unspecified atom stereocenters. The van der Waals surface area contributed by atoms with Gasteiger partial charge in [0, 0.05) is 11.8 Å². The molecule has 0 saturated carbocycles. The van der Waals surface area contributed by atoms with Crippen molar-refractivity contribution in [3.8, 4) is 11.3 Å². The molecular formula is C22H24ClN9O2. The number of pyridine rings is 2. The molecule has 34 heavy (non-hydrogen) atoms. The van der Waals surface area contributed by atoms with Crippen LogP contribution < -0.4 is 21.4 Å². The minimum atomic E-state index is -0.554. The predicted octanol–water partition coefficient (Wildman–Crippen LogP) is 3.24. The van der Waals surface area contributed by atoms with E-state index in [1.54, 1.807) is 32.0 Å². The van der Waals surface area contributed by atoms with Gasteiger partial charge in [0.2, 0.25) is 0 Å². The van der Waals surface area contributed by atoms with Crippen molar-refractivity contribution in [2.75, 3.05) is 23.2 Å². The first-order chi connectivity index (χ1) is 16.3. The molecule has 4 rings (SSSR count). The Labute approximate surface area is 201 Å². The number of aromatic nitrogens is 4. The van der Waals surface area contributed by atoms with E-state index in [0.717, 1.165) is 0 Å². The number of hydrogen-bond acceptors (Lipinski definition) is 10. The molecule has 0 radical (unpaired) electrons. The lowest BCUT2D eigenvalue weighted by Crippen LogP contribution is -2.43. The highest BCUT2D eigenvalue weighted by Crippen LogP contribution is 2.33. The molecule has 3 aromatic rings. The van der Waals surface area contributed by atoms with Gasteiger partial charge in [0.15, 0.2) is 6.23 Å². The quantitative estimate of drug-likeness (QED) is 0.346. The fourth-order valence-electron chi connectivity index (χ4n) is 3.42. The Morgan fingerprint density at radius 3 is 2.74 bits per heavy atom. The van der Waals surface area contributed by atoms with Crippen LogP contribution in [-0.2, 0) is 4.84 Å². The molecule has 2 bridgehead atoms. The molecule has 2 atom stereocenters. The summed E-state index contributed by atoms with van der Waals surface area (Å²) in [7, 11) is 1.81. The lowest BCUT2D eigenvalue weighted by atomic mass is 10.1. The fraction of sp³-hybridized carbons (Fsp3) is 0.273. The van der Waals surface area contributed by atoms with E-state index >= 15 is 0 Å². The molecule has 12 heteroatoms. The number of nitrogens with one attached hydrogen (secondary N) is 5. The van der Waals surface area contributed by atoms with Crippen LogP contribution in [0, 0.1) is 12.3 Å². The molecule has 5 N–H and O–H groups in total. The van der Waals surface area contributed by atoms with E-state index in [1.807, 2.05) is 14.0 Å². The van der Waals surface area contributed by atoms with Gasteiger partial charge in [-0.3, -0.25) is 10.3 Å². The number of anilines is 3. The van der Waals surface area contributed by atoms with Crippen LogP contribution in [0.1, 0.15) is 35.6 Å². The third-order valence-corrected chi connectivity index (χ3v) is 5.50. The summed E-state index contributed by atoms with van der Waals surface area (Å²) in [5.74, 6) is 0.326. The van der Waals surface area contributed by atoms with Gasteiger partial charge in [0.1, 0.15) is 40.7 Å². The van der Waals surface area contributed by atoms with Crippen molar-refractivity contribution in [2.45, 2.75) is 33.0 Å². The van der Waals surface area contributed by atoms with Crippen molar-refractivity contribution in [1.29, 1.82) is 5.41 Å². The second kappa shape index (κ2) is 9.67. The average molecular weight is 482 g/mol. The third kappa shape index (κ3) is 4.81. The highest BCUT2D eigenvalue weighted by molar-refractivity contribution is 6.30. The molecule has 1 aliphatic heterocycles. The molecule has 0 aromatic carbocycles. The first-order valence-corrected chi connectivity index (χ1v) is 10.9. The Kier molecular flexibility index (Phi) is 6.68. The number of carbonyl (C=O) groups is 1. The number of hydrogen-bond donors (Lipinski definition) is 5. The molecule has 0 fully saturated rings. The van der Waals surface area contributed by atoms with Crippen molar-refractivity contribution in [3.63, 3.8) is 0 Å². The molecule has 0 aliphatic carbocycles. The maximum Gasteiger partial charge on any atom is 0.275 e. The van der Waals surface area contributed by atoms with Gasteiger partial charge in [-0.15, -0.1) is 0 Å². The zero-order valence-corrected chi connectivity index (χ0v) is 19.8. The van der Waals surface area contributed by atoms with Gasteiger partial charge >= 0.3 is 0 Å². The monoisotopic (exact) mass is 481 g/mol. The summed E-state index contributed by atoms with van der Waals surface area (Å²) < 4.78 is 0. The van der Waals surface area contributed by atoms with Crippen LogP contribution in [0.2, 0.25) is 5.02 Å². The number of amides is 1. The molecule has 1 aliphatic rings. The number of aryl methyl sites for hydroxylation is 1. The van der Waals surface area contributed by atoms with Crippen molar-refractivity contribution in [2.24, 2.45) is 0 Å². The van der Waals surface area contributed by atoms with Crippen LogP contribution in [0.5, 0.6) is 0 Å². The van der Waals surface area contributed by atoms with Gasteiger partial charge in [-0.05, 0) is 51.6 Å². The highest BCUT2D eigenvalue weighted by atomic mass is 35.5. The molecule has 4 heterocycles. The molecule has 0 saturated heterocycles. The standard InChI is InChI=1S/C22H24ClN9O2/c1-10-5-14(23)8-26-17(10)21(33)30-15-6-13-7-16(29-15)31-22(12(3)25-4)34-32-20-18(11(2)24)27-9-28-19(13)20/h5-9,12,22,24-25,32H,1-4H3,(H2,29,30,31,33). The van der Waals surface area contributed by atoms with E-state index in [0.29, 0.717) is 39.0 Å². The third-order valence-electron chi connectivity index (χ3n) is 5.29. The molecule has 11 nitrogen and oxygen atoms in total. The van der Waals surface area contributed by atoms with Crippen LogP contribution >= 0.6 is 11.6 Å². The van der Waals surface area contributed by atoms with Gasteiger partial charge in [-0.2, -0.15) is 0 Å². The molecule has 176 valence electrons. The fourth-order valence-corrected chi connectivity index (χ4v) is 3.63. The van der Waals surface area contributed by atoms with Gasteiger partial charge < -0.3 is 21.4 Å². The van der Waals surface area contributed by atoms with Gasteiger partial charge in [0.25, 0.3) is 5.91 Å². The van der Waals surface area contributed by atoms with E-state index in [1.165, 1.54) is 12.5 Å². The summed E-state index contributed by atoms with van der Waals surface area (Å²) in [6, 6.07) is 5.02. The van der Waals surface area contributed by atoms with Gasteiger partial charge in [-0.25, -0.2) is 24.8 Å². The summed E-state index contributed by atoms with van der Waals surface area (Å²) >= 11 is 5.97. The van der Waals surface area contributed by atoms with Crippen LogP contribution in [0.4, 0.5) is 17.3 Å². The van der Waals surface area contributed by atoms with E-state index in [2.05, 4.69) is 41.4 Å². The Balaban J connectivity index is 1.80. The number of nitrogens with zero attached hydrogens (tertiary/aromatic N) is 4. The van der Waals surface area contributed by atoms with Gasteiger partial charge in [0.05, 0.1) is 16.8 Å². The maximum absolute atomic E-state index is 12.9. The number of halogens is 1. The SMILES string of the molecule is CNC(C)C1Nc2cc(cc(NC(=O)c3ncc(Cl)cc3C)n2)-c2ncnc(C(C)=N)c2NO1. The van der Waals surface area contributed by atoms with Crippen LogP contribution in [-0.4, -0.2) is 50.9 Å². The van der Waals surface area contributed by atoms with Crippen LogP contribution in [0.25, 0.3) is 11.3 Å². The summed E-state index contributed by atoms with van der Waals surface area (Å²) in [4.78, 5) is 36.2. The molecular weight excluding hydrogens is 458 g/mol. The van der Waals surface area contributed by atoms with Crippen LogP contribution in [0.3, 0.4) is 0 Å².